The molecule has 0 saturated carbocycles. The molecule has 0 aliphatic carbocycles. The second-order valence-corrected chi connectivity index (χ2v) is 6.39. The minimum atomic E-state index is -0.537. The van der Waals surface area contributed by atoms with E-state index in [1.54, 1.807) is 31.2 Å². The van der Waals surface area contributed by atoms with Gasteiger partial charge < -0.3 is 9.84 Å². The monoisotopic (exact) mass is 356 g/mol. The van der Waals surface area contributed by atoms with E-state index in [2.05, 4.69) is 15.5 Å². The van der Waals surface area contributed by atoms with Crippen molar-refractivity contribution in [3.05, 3.63) is 56.6 Å². The van der Waals surface area contributed by atoms with Crippen LogP contribution in [0.2, 0.25) is 0 Å². The SMILES string of the molecule is Cc1noc(C(C)C)c1NC(=O)CCn1c(=O)[nH]c(=O)c2ccccc21. The summed E-state index contributed by atoms with van der Waals surface area (Å²) in [6.45, 7) is 5.79. The van der Waals surface area contributed by atoms with Gasteiger partial charge in [0.25, 0.3) is 5.56 Å². The number of rotatable bonds is 5. The smallest absolute Gasteiger partial charge is 0.328 e. The molecular weight excluding hydrogens is 336 g/mol. The Kier molecular flexibility index (Phi) is 4.75. The van der Waals surface area contributed by atoms with E-state index in [4.69, 9.17) is 4.52 Å². The molecule has 26 heavy (non-hydrogen) atoms. The van der Waals surface area contributed by atoms with Crippen molar-refractivity contribution in [3.8, 4) is 0 Å². The maximum atomic E-state index is 12.4. The Balaban J connectivity index is 1.81. The summed E-state index contributed by atoms with van der Waals surface area (Å²) in [6, 6.07) is 6.79. The Morgan fingerprint density at radius 2 is 2.04 bits per heavy atom. The third-order valence-electron chi connectivity index (χ3n) is 4.15. The number of aromatic nitrogens is 3. The zero-order valence-electron chi connectivity index (χ0n) is 14.8. The maximum Gasteiger partial charge on any atom is 0.328 e. The number of nitrogens with zero attached hydrogens (tertiary/aromatic N) is 2. The molecular formula is C18H20N4O4. The van der Waals surface area contributed by atoms with Gasteiger partial charge in [-0.05, 0) is 19.1 Å². The number of para-hydroxylation sites is 1. The number of hydrogen-bond acceptors (Lipinski definition) is 5. The standard InChI is InChI=1S/C18H20N4O4/c1-10(2)16-15(11(3)21-26-16)19-14(23)8-9-22-13-7-5-4-6-12(13)17(24)20-18(22)25/h4-7,10H,8-9H2,1-3H3,(H,19,23)(H,20,24,25). The third-order valence-corrected chi connectivity index (χ3v) is 4.15. The van der Waals surface area contributed by atoms with Crippen LogP contribution in [-0.2, 0) is 11.3 Å². The van der Waals surface area contributed by atoms with Gasteiger partial charge in [-0.1, -0.05) is 31.1 Å². The number of carbonyl (C=O) groups is 1. The Labute approximate surface area is 148 Å². The molecule has 136 valence electrons. The predicted octanol–water partition coefficient (Wildman–Crippen LogP) is 2.14. The highest BCUT2D eigenvalue weighted by atomic mass is 16.5. The van der Waals surface area contributed by atoms with Gasteiger partial charge in [0.2, 0.25) is 5.91 Å². The molecule has 0 fully saturated rings. The summed E-state index contributed by atoms with van der Waals surface area (Å²) < 4.78 is 6.64. The summed E-state index contributed by atoms with van der Waals surface area (Å²) in [5, 5.41) is 7.10. The zero-order chi connectivity index (χ0) is 18.8. The van der Waals surface area contributed by atoms with Gasteiger partial charge in [-0.15, -0.1) is 0 Å². The van der Waals surface area contributed by atoms with Crippen molar-refractivity contribution in [1.82, 2.24) is 14.7 Å². The molecule has 2 N–H and O–H groups in total. The normalized spacial score (nSPS) is 11.2. The highest BCUT2D eigenvalue weighted by Gasteiger charge is 2.18. The summed E-state index contributed by atoms with van der Waals surface area (Å²) in [5.41, 5.74) is 0.703. The highest BCUT2D eigenvalue weighted by Crippen LogP contribution is 2.27. The molecule has 0 saturated heterocycles. The van der Waals surface area contributed by atoms with Crippen LogP contribution in [0.4, 0.5) is 5.69 Å². The molecule has 8 heteroatoms. The van der Waals surface area contributed by atoms with Crippen LogP contribution in [0.5, 0.6) is 0 Å². The van der Waals surface area contributed by atoms with Gasteiger partial charge in [0.05, 0.1) is 10.9 Å². The van der Waals surface area contributed by atoms with Crippen molar-refractivity contribution in [2.75, 3.05) is 5.32 Å². The van der Waals surface area contributed by atoms with E-state index < -0.39 is 11.2 Å². The number of amides is 1. The molecule has 0 radical (unpaired) electrons. The number of benzene rings is 1. The Morgan fingerprint density at radius 3 is 2.77 bits per heavy atom. The molecule has 0 atom stereocenters. The number of nitrogens with one attached hydrogen (secondary N) is 2. The number of carbonyl (C=O) groups excluding carboxylic acids is 1. The average Bonchev–Trinajstić information content (AvgIpc) is 2.95. The molecule has 1 aromatic carbocycles. The Morgan fingerprint density at radius 1 is 1.31 bits per heavy atom. The molecule has 3 rings (SSSR count). The minimum Gasteiger partial charge on any atom is -0.359 e. The topological polar surface area (TPSA) is 110 Å². The lowest BCUT2D eigenvalue weighted by Crippen LogP contribution is -2.31. The first kappa shape index (κ1) is 17.7. The molecule has 2 heterocycles. The molecule has 0 aliphatic heterocycles. The van der Waals surface area contributed by atoms with Crippen molar-refractivity contribution in [2.24, 2.45) is 0 Å². The van der Waals surface area contributed by atoms with E-state index in [1.807, 2.05) is 13.8 Å². The molecule has 2 aromatic heterocycles. The number of aryl methyl sites for hydroxylation is 2. The van der Waals surface area contributed by atoms with Crippen LogP contribution < -0.4 is 16.6 Å². The zero-order valence-corrected chi connectivity index (χ0v) is 14.8. The number of hydrogen-bond donors (Lipinski definition) is 2. The molecule has 8 nitrogen and oxygen atoms in total. The van der Waals surface area contributed by atoms with Crippen LogP contribution in [0.1, 0.15) is 37.6 Å². The van der Waals surface area contributed by atoms with Gasteiger partial charge in [0.1, 0.15) is 11.4 Å². The van der Waals surface area contributed by atoms with Crippen LogP contribution in [0.15, 0.2) is 38.4 Å². The summed E-state index contributed by atoms with van der Waals surface area (Å²) in [4.78, 5) is 38.6. The molecule has 0 spiro atoms. The maximum absolute atomic E-state index is 12.4. The lowest BCUT2D eigenvalue weighted by Gasteiger charge is -2.10. The lowest BCUT2D eigenvalue weighted by molar-refractivity contribution is -0.116. The Hall–Kier alpha value is -3.16. The third kappa shape index (κ3) is 3.30. The number of anilines is 1. The van der Waals surface area contributed by atoms with Crippen LogP contribution in [0.25, 0.3) is 10.9 Å². The largest absolute Gasteiger partial charge is 0.359 e. The molecule has 1 amide bonds. The summed E-state index contributed by atoms with van der Waals surface area (Å²) >= 11 is 0. The average molecular weight is 356 g/mol. The summed E-state index contributed by atoms with van der Waals surface area (Å²) in [6.07, 6.45) is 0.0676. The minimum absolute atomic E-state index is 0.0676. The number of fused-ring (bicyclic) bond motifs is 1. The highest BCUT2D eigenvalue weighted by molar-refractivity contribution is 5.92. The van der Waals surface area contributed by atoms with Gasteiger partial charge in [0, 0.05) is 18.9 Å². The Bertz CT molecular complexity index is 1070. The molecule has 0 bridgehead atoms. The second-order valence-electron chi connectivity index (χ2n) is 6.39. The van der Waals surface area contributed by atoms with E-state index >= 15 is 0 Å². The van der Waals surface area contributed by atoms with E-state index in [0.717, 1.165) is 0 Å². The first-order chi connectivity index (χ1) is 12.4. The summed E-state index contributed by atoms with van der Waals surface area (Å²) in [5.74, 6) is 0.431. The van der Waals surface area contributed by atoms with E-state index in [9.17, 15) is 14.4 Å². The van der Waals surface area contributed by atoms with Gasteiger partial charge >= 0.3 is 5.69 Å². The first-order valence-electron chi connectivity index (χ1n) is 8.36. The fraction of sp³-hybridized carbons (Fsp3) is 0.333. The predicted molar refractivity (Wildman–Crippen MR) is 97.4 cm³/mol. The summed E-state index contributed by atoms with van der Waals surface area (Å²) in [7, 11) is 0. The quantitative estimate of drug-likeness (QED) is 0.728. The van der Waals surface area contributed by atoms with Crippen molar-refractivity contribution in [3.63, 3.8) is 0 Å². The van der Waals surface area contributed by atoms with Crippen LogP contribution >= 0.6 is 0 Å². The first-order valence-corrected chi connectivity index (χ1v) is 8.36. The number of aromatic amines is 1. The fourth-order valence-corrected chi connectivity index (χ4v) is 2.81. The van der Waals surface area contributed by atoms with E-state index in [0.29, 0.717) is 28.0 Å². The van der Waals surface area contributed by atoms with Crippen molar-refractivity contribution in [2.45, 2.75) is 39.7 Å². The fourth-order valence-electron chi connectivity index (χ4n) is 2.81. The van der Waals surface area contributed by atoms with Gasteiger partial charge in [-0.25, -0.2) is 4.79 Å². The van der Waals surface area contributed by atoms with Crippen LogP contribution in [-0.4, -0.2) is 20.6 Å². The van der Waals surface area contributed by atoms with E-state index in [-0.39, 0.29) is 24.8 Å². The molecule has 3 aromatic rings. The van der Waals surface area contributed by atoms with Crippen molar-refractivity contribution < 1.29 is 9.32 Å². The van der Waals surface area contributed by atoms with Crippen LogP contribution in [0.3, 0.4) is 0 Å². The molecule has 0 unspecified atom stereocenters. The lowest BCUT2D eigenvalue weighted by atomic mass is 10.1. The van der Waals surface area contributed by atoms with Gasteiger partial charge in [-0.2, -0.15) is 0 Å². The molecule has 0 aliphatic rings. The van der Waals surface area contributed by atoms with Crippen molar-refractivity contribution >= 4 is 22.5 Å². The second kappa shape index (κ2) is 6.99. The van der Waals surface area contributed by atoms with E-state index in [1.165, 1.54) is 4.57 Å². The van der Waals surface area contributed by atoms with Crippen molar-refractivity contribution in [1.29, 1.82) is 0 Å². The van der Waals surface area contributed by atoms with Gasteiger partial charge in [-0.3, -0.25) is 19.1 Å². The number of H-pyrrole nitrogens is 1. The van der Waals surface area contributed by atoms with Crippen LogP contribution in [0, 0.1) is 6.92 Å². The van der Waals surface area contributed by atoms with Gasteiger partial charge in [0.15, 0.2) is 5.76 Å².